The molecule has 28 heavy (non-hydrogen) atoms. The van der Waals surface area contributed by atoms with Crippen LogP contribution in [-0.2, 0) is 20.7 Å². The molecule has 2 nitrogen and oxygen atoms in total. The van der Waals surface area contributed by atoms with Gasteiger partial charge >= 0.3 is 0 Å². The van der Waals surface area contributed by atoms with E-state index >= 15 is 0 Å². The van der Waals surface area contributed by atoms with Crippen molar-refractivity contribution < 1.29 is 9.47 Å². The van der Waals surface area contributed by atoms with Gasteiger partial charge in [-0.2, -0.15) is 0 Å². The third kappa shape index (κ3) is 4.67. The lowest BCUT2D eigenvalue weighted by molar-refractivity contribution is -0.228. The highest BCUT2D eigenvalue weighted by atomic mass is 16.6. The Morgan fingerprint density at radius 2 is 0.929 bits per heavy atom. The molecular formula is C26H38O2. The lowest BCUT2D eigenvalue weighted by atomic mass is 9.69. The predicted octanol–water partition coefficient (Wildman–Crippen LogP) is 7.23. The Bertz CT molecular complexity index is 595. The quantitative estimate of drug-likeness (QED) is 0.340. The third-order valence-corrected chi connectivity index (χ3v) is 5.82. The van der Waals surface area contributed by atoms with E-state index in [1.807, 2.05) is 0 Å². The molecule has 0 N–H and O–H groups in total. The van der Waals surface area contributed by atoms with Gasteiger partial charge in [-0.05, 0) is 36.8 Å². The molecule has 2 unspecified atom stereocenters. The maximum absolute atomic E-state index is 6.82. The van der Waals surface area contributed by atoms with E-state index in [0.29, 0.717) is 0 Å². The molecule has 0 spiro atoms. The molecule has 0 saturated heterocycles. The fourth-order valence-electron chi connectivity index (χ4n) is 4.25. The van der Waals surface area contributed by atoms with Gasteiger partial charge in [0.1, 0.15) is 11.2 Å². The van der Waals surface area contributed by atoms with Crippen LogP contribution >= 0.6 is 0 Å². The van der Waals surface area contributed by atoms with Gasteiger partial charge in [-0.1, -0.05) is 101 Å². The average Bonchev–Trinajstić information content (AvgIpc) is 2.76. The summed E-state index contributed by atoms with van der Waals surface area (Å²) < 4.78 is 13.6. The summed E-state index contributed by atoms with van der Waals surface area (Å²) in [5.74, 6) is 0. The minimum Gasteiger partial charge on any atom is -0.367 e. The number of benzene rings is 2. The number of unbranched alkanes of at least 4 members (excludes halogenated alkanes) is 2. The first-order valence-electron chi connectivity index (χ1n) is 11.1. The minimum absolute atomic E-state index is 0.521. The molecule has 0 aromatic heterocycles. The molecule has 2 rings (SSSR count). The van der Waals surface area contributed by atoms with Crippen molar-refractivity contribution in [2.75, 3.05) is 13.2 Å². The monoisotopic (exact) mass is 382 g/mol. The maximum atomic E-state index is 6.82. The summed E-state index contributed by atoms with van der Waals surface area (Å²) in [5, 5.41) is 0. The molecule has 2 heteroatoms. The van der Waals surface area contributed by atoms with Crippen LogP contribution in [0.3, 0.4) is 0 Å². The summed E-state index contributed by atoms with van der Waals surface area (Å²) in [7, 11) is 0. The highest BCUT2D eigenvalue weighted by Crippen LogP contribution is 2.51. The Hall–Kier alpha value is -1.64. The van der Waals surface area contributed by atoms with Gasteiger partial charge in [0.25, 0.3) is 0 Å². The molecule has 0 saturated carbocycles. The Balaban J connectivity index is 2.65. The Labute approximate surface area is 172 Å². The average molecular weight is 383 g/mol. The van der Waals surface area contributed by atoms with E-state index < -0.39 is 11.2 Å². The molecule has 0 bridgehead atoms. The maximum Gasteiger partial charge on any atom is 0.126 e. The van der Waals surface area contributed by atoms with Gasteiger partial charge in [0, 0.05) is 13.2 Å². The first-order chi connectivity index (χ1) is 13.7. The summed E-state index contributed by atoms with van der Waals surface area (Å²) in [4.78, 5) is 0. The first-order valence-corrected chi connectivity index (χ1v) is 11.1. The smallest absolute Gasteiger partial charge is 0.126 e. The second-order valence-electron chi connectivity index (χ2n) is 7.50. The van der Waals surface area contributed by atoms with E-state index in [1.54, 1.807) is 0 Å². The minimum atomic E-state index is -0.521. The van der Waals surface area contributed by atoms with Gasteiger partial charge in [-0.3, -0.25) is 0 Å². The highest BCUT2D eigenvalue weighted by molar-refractivity contribution is 5.35. The highest BCUT2D eigenvalue weighted by Gasteiger charge is 2.53. The molecule has 0 radical (unpaired) electrons. The van der Waals surface area contributed by atoms with Gasteiger partial charge in [-0.15, -0.1) is 0 Å². The molecule has 0 aliphatic heterocycles. The fourth-order valence-corrected chi connectivity index (χ4v) is 4.25. The molecular weight excluding hydrogens is 344 g/mol. The van der Waals surface area contributed by atoms with Crippen LogP contribution in [0.5, 0.6) is 0 Å². The molecule has 0 heterocycles. The van der Waals surface area contributed by atoms with Crippen LogP contribution in [-0.4, -0.2) is 13.2 Å². The topological polar surface area (TPSA) is 18.5 Å². The van der Waals surface area contributed by atoms with Crippen LogP contribution in [0.2, 0.25) is 0 Å². The van der Waals surface area contributed by atoms with Crippen molar-refractivity contribution in [2.45, 2.75) is 77.4 Å². The van der Waals surface area contributed by atoms with Crippen LogP contribution < -0.4 is 0 Å². The first kappa shape index (κ1) is 22.6. The predicted molar refractivity (Wildman–Crippen MR) is 119 cm³/mol. The fraction of sp³-hybridized carbons (Fsp3) is 0.538. The van der Waals surface area contributed by atoms with E-state index in [1.165, 1.54) is 11.1 Å². The number of ether oxygens (including phenoxy) is 2. The van der Waals surface area contributed by atoms with E-state index in [9.17, 15) is 0 Å². The van der Waals surface area contributed by atoms with Crippen molar-refractivity contribution >= 4 is 0 Å². The van der Waals surface area contributed by atoms with Crippen molar-refractivity contribution in [1.29, 1.82) is 0 Å². The van der Waals surface area contributed by atoms with E-state index in [-0.39, 0.29) is 0 Å². The van der Waals surface area contributed by atoms with E-state index in [4.69, 9.17) is 9.47 Å². The van der Waals surface area contributed by atoms with Crippen molar-refractivity contribution in [1.82, 2.24) is 0 Å². The van der Waals surface area contributed by atoms with Crippen molar-refractivity contribution in [3.05, 3.63) is 71.8 Å². The zero-order valence-electron chi connectivity index (χ0n) is 18.2. The SMILES string of the molecule is CCCCOC(CC)(c1ccccc1)C(CC)(OCCCC)c1ccccc1. The van der Waals surface area contributed by atoms with Crippen LogP contribution in [0.25, 0.3) is 0 Å². The van der Waals surface area contributed by atoms with Crippen LogP contribution in [0, 0.1) is 0 Å². The molecule has 0 aliphatic rings. The van der Waals surface area contributed by atoms with Gasteiger partial charge < -0.3 is 9.47 Å². The zero-order valence-corrected chi connectivity index (χ0v) is 18.2. The molecule has 2 atom stereocenters. The molecule has 0 aliphatic carbocycles. The number of rotatable bonds is 13. The van der Waals surface area contributed by atoms with Crippen molar-refractivity contribution in [3.63, 3.8) is 0 Å². The van der Waals surface area contributed by atoms with Gasteiger partial charge in [0.2, 0.25) is 0 Å². The molecule has 2 aromatic rings. The standard InChI is InChI=1S/C26H38O2/c1-5-9-21-27-25(7-3,23-17-13-11-14-18-23)26(8-4,28-22-10-6-2)24-19-15-12-16-20-24/h11-20H,5-10,21-22H2,1-4H3. The number of hydrogen-bond donors (Lipinski definition) is 0. The molecule has 2 aromatic carbocycles. The van der Waals surface area contributed by atoms with Crippen molar-refractivity contribution in [3.8, 4) is 0 Å². The summed E-state index contributed by atoms with van der Waals surface area (Å²) in [6.07, 6.45) is 6.06. The summed E-state index contributed by atoms with van der Waals surface area (Å²) in [6.45, 7) is 10.4. The Morgan fingerprint density at radius 1 is 0.571 bits per heavy atom. The summed E-state index contributed by atoms with van der Waals surface area (Å²) >= 11 is 0. The van der Waals surface area contributed by atoms with Crippen molar-refractivity contribution in [2.24, 2.45) is 0 Å². The summed E-state index contributed by atoms with van der Waals surface area (Å²) in [5.41, 5.74) is 1.37. The molecule has 154 valence electrons. The normalized spacial score (nSPS) is 15.7. The van der Waals surface area contributed by atoms with Crippen LogP contribution in [0.1, 0.15) is 77.3 Å². The zero-order chi connectivity index (χ0) is 20.3. The van der Waals surface area contributed by atoms with E-state index in [2.05, 4.69) is 88.4 Å². The van der Waals surface area contributed by atoms with Gasteiger partial charge in [0.05, 0.1) is 0 Å². The second-order valence-corrected chi connectivity index (χ2v) is 7.50. The number of hydrogen-bond acceptors (Lipinski definition) is 2. The third-order valence-electron chi connectivity index (χ3n) is 5.82. The van der Waals surface area contributed by atoms with Gasteiger partial charge in [-0.25, -0.2) is 0 Å². The van der Waals surface area contributed by atoms with Crippen LogP contribution in [0.15, 0.2) is 60.7 Å². The van der Waals surface area contributed by atoms with E-state index in [0.717, 1.165) is 51.7 Å². The van der Waals surface area contributed by atoms with Gasteiger partial charge in [0.15, 0.2) is 0 Å². The largest absolute Gasteiger partial charge is 0.367 e. The second kappa shape index (κ2) is 11.4. The molecule has 0 amide bonds. The summed E-state index contributed by atoms with van der Waals surface area (Å²) in [6, 6.07) is 21.4. The lowest BCUT2D eigenvalue weighted by Crippen LogP contribution is -2.53. The Kier molecular flexibility index (Phi) is 9.21. The Morgan fingerprint density at radius 3 is 1.21 bits per heavy atom. The van der Waals surface area contributed by atoms with Crippen LogP contribution in [0.4, 0.5) is 0 Å². The molecule has 0 fully saturated rings. The lowest BCUT2D eigenvalue weighted by Gasteiger charge is -2.50.